The second kappa shape index (κ2) is 3.06. The number of hydrazine groups is 1. The van der Waals surface area contributed by atoms with Gasteiger partial charge in [-0.1, -0.05) is 6.92 Å². The van der Waals surface area contributed by atoms with Crippen molar-refractivity contribution in [1.82, 2.24) is 10.4 Å². The molecule has 1 unspecified atom stereocenters. The first kappa shape index (κ1) is 7.61. The standard InChI is InChI=1S/C8H16N2/c1-4-8-6-7(3)10(5-2)9-8/h6,8-9H,4-5H2,1-3H3. The van der Waals surface area contributed by atoms with Gasteiger partial charge >= 0.3 is 0 Å². The number of allylic oxidation sites excluding steroid dienone is 1. The predicted molar refractivity (Wildman–Crippen MR) is 43.4 cm³/mol. The first-order valence-corrected chi connectivity index (χ1v) is 4.00. The van der Waals surface area contributed by atoms with Crippen LogP contribution in [0.1, 0.15) is 27.2 Å². The van der Waals surface area contributed by atoms with Gasteiger partial charge in [-0.15, -0.1) is 0 Å². The molecule has 1 N–H and O–H groups in total. The van der Waals surface area contributed by atoms with Gasteiger partial charge in [0.2, 0.25) is 0 Å². The van der Waals surface area contributed by atoms with Crippen molar-refractivity contribution in [3.63, 3.8) is 0 Å². The lowest BCUT2D eigenvalue weighted by atomic mass is 10.2. The van der Waals surface area contributed by atoms with E-state index < -0.39 is 0 Å². The van der Waals surface area contributed by atoms with Crippen LogP contribution >= 0.6 is 0 Å². The van der Waals surface area contributed by atoms with E-state index in [-0.39, 0.29) is 0 Å². The van der Waals surface area contributed by atoms with E-state index in [0.29, 0.717) is 6.04 Å². The van der Waals surface area contributed by atoms with Crippen LogP contribution in [0.15, 0.2) is 11.8 Å². The van der Waals surface area contributed by atoms with Crippen LogP contribution in [0.3, 0.4) is 0 Å². The lowest BCUT2D eigenvalue weighted by molar-refractivity contribution is 0.265. The minimum absolute atomic E-state index is 0.569. The highest BCUT2D eigenvalue weighted by Crippen LogP contribution is 2.11. The molecule has 2 nitrogen and oxygen atoms in total. The molecular weight excluding hydrogens is 124 g/mol. The largest absolute Gasteiger partial charge is 0.313 e. The van der Waals surface area contributed by atoms with Crippen molar-refractivity contribution in [2.75, 3.05) is 6.54 Å². The third kappa shape index (κ3) is 1.32. The van der Waals surface area contributed by atoms with Gasteiger partial charge in [0.1, 0.15) is 0 Å². The highest BCUT2D eigenvalue weighted by molar-refractivity contribution is 5.08. The minimum Gasteiger partial charge on any atom is -0.313 e. The third-order valence-electron chi connectivity index (χ3n) is 1.95. The predicted octanol–water partition coefficient (Wildman–Crippen LogP) is 1.51. The van der Waals surface area contributed by atoms with Crippen molar-refractivity contribution in [1.29, 1.82) is 0 Å². The molecule has 0 radical (unpaired) electrons. The summed E-state index contributed by atoms with van der Waals surface area (Å²) in [6, 6.07) is 0.569. The molecule has 1 atom stereocenters. The molecule has 10 heavy (non-hydrogen) atoms. The van der Waals surface area contributed by atoms with Crippen molar-refractivity contribution < 1.29 is 0 Å². The Hall–Kier alpha value is -0.500. The molecule has 1 rings (SSSR count). The number of rotatable bonds is 2. The molecule has 0 saturated heterocycles. The van der Waals surface area contributed by atoms with Gasteiger partial charge in [-0.3, -0.25) is 0 Å². The Morgan fingerprint density at radius 3 is 2.60 bits per heavy atom. The number of nitrogens with one attached hydrogen (secondary N) is 1. The zero-order valence-corrected chi connectivity index (χ0v) is 7.02. The third-order valence-corrected chi connectivity index (χ3v) is 1.95. The zero-order valence-electron chi connectivity index (χ0n) is 7.02. The van der Waals surface area contributed by atoms with Gasteiger partial charge in [0, 0.05) is 18.3 Å². The molecule has 58 valence electrons. The van der Waals surface area contributed by atoms with Crippen LogP contribution in [0.25, 0.3) is 0 Å². The smallest absolute Gasteiger partial charge is 0.0460 e. The molecule has 1 aliphatic rings. The molecule has 0 spiro atoms. The van der Waals surface area contributed by atoms with E-state index in [1.807, 2.05) is 0 Å². The normalized spacial score (nSPS) is 25.3. The molecule has 0 amide bonds. The summed E-state index contributed by atoms with van der Waals surface area (Å²) in [7, 11) is 0. The summed E-state index contributed by atoms with van der Waals surface area (Å²) in [5.41, 5.74) is 4.74. The fourth-order valence-electron chi connectivity index (χ4n) is 1.27. The summed E-state index contributed by atoms with van der Waals surface area (Å²) >= 11 is 0. The summed E-state index contributed by atoms with van der Waals surface area (Å²) in [4.78, 5) is 0. The molecule has 2 heteroatoms. The van der Waals surface area contributed by atoms with Crippen molar-refractivity contribution in [2.24, 2.45) is 0 Å². The van der Waals surface area contributed by atoms with Crippen LogP contribution in [0.5, 0.6) is 0 Å². The Kier molecular flexibility index (Phi) is 2.33. The van der Waals surface area contributed by atoms with Crippen LogP contribution in [0.2, 0.25) is 0 Å². The van der Waals surface area contributed by atoms with Crippen molar-refractivity contribution in [2.45, 2.75) is 33.2 Å². The van der Waals surface area contributed by atoms with Crippen LogP contribution in [0, 0.1) is 0 Å². The maximum atomic E-state index is 3.38. The van der Waals surface area contributed by atoms with E-state index in [1.54, 1.807) is 0 Å². The Labute approximate surface area is 62.9 Å². The van der Waals surface area contributed by atoms with E-state index in [2.05, 4.69) is 37.3 Å². The van der Waals surface area contributed by atoms with Crippen molar-refractivity contribution in [3.05, 3.63) is 11.8 Å². The van der Waals surface area contributed by atoms with E-state index in [4.69, 9.17) is 0 Å². The summed E-state index contributed by atoms with van der Waals surface area (Å²) in [5.74, 6) is 0. The lowest BCUT2D eigenvalue weighted by Gasteiger charge is -2.19. The molecular formula is C8H16N2. The Balaban J connectivity index is 2.50. The maximum absolute atomic E-state index is 3.38. The highest BCUT2D eigenvalue weighted by Gasteiger charge is 2.15. The second-order valence-corrected chi connectivity index (χ2v) is 2.70. The van der Waals surface area contributed by atoms with Gasteiger partial charge in [-0.25, -0.2) is 5.43 Å². The SMILES string of the molecule is CCC1C=C(C)N(CC)N1. The molecule has 0 aromatic carbocycles. The lowest BCUT2D eigenvalue weighted by Crippen LogP contribution is -2.36. The van der Waals surface area contributed by atoms with E-state index in [0.717, 1.165) is 6.54 Å². The van der Waals surface area contributed by atoms with Gasteiger partial charge in [0.05, 0.1) is 0 Å². The summed E-state index contributed by atoms with van der Waals surface area (Å²) < 4.78 is 0. The Morgan fingerprint density at radius 2 is 2.30 bits per heavy atom. The van der Waals surface area contributed by atoms with Gasteiger partial charge < -0.3 is 5.01 Å². The molecule has 0 aliphatic carbocycles. The monoisotopic (exact) mass is 140 g/mol. The molecule has 1 aliphatic heterocycles. The molecule has 0 aromatic rings. The number of hydrogen-bond acceptors (Lipinski definition) is 2. The average molecular weight is 140 g/mol. The molecule has 0 saturated carbocycles. The first-order valence-electron chi connectivity index (χ1n) is 4.00. The number of nitrogens with zero attached hydrogens (tertiary/aromatic N) is 1. The van der Waals surface area contributed by atoms with Gasteiger partial charge in [-0.05, 0) is 26.3 Å². The molecule has 1 heterocycles. The number of hydrogen-bond donors (Lipinski definition) is 1. The van der Waals surface area contributed by atoms with Crippen LogP contribution in [-0.2, 0) is 0 Å². The summed E-state index contributed by atoms with van der Waals surface area (Å²) in [6.45, 7) is 7.55. The van der Waals surface area contributed by atoms with Gasteiger partial charge in [-0.2, -0.15) is 0 Å². The van der Waals surface area contributed by atoms with Crippen molar-refractivity contribution in [3.8, 4) is 0 Å². The van der Waals surface area contributed by atoms with Crippen LogP contribution in [0.4, 0.5) is 0 Å². The van der Waals surface area contributed by atoms with Crippen LogP contribution < -0.4 is 5.43 Å². The minimum atomic E-state index is 0.569. The molecule has 0 aromatic heterocycles. The Bertz CT molecular complexity index is 140. The summed E-state index contributed by atoms with van der Waals surface area (Å²) in [6.07, 6.45) is 3.46. The molecule has 0 bridgehead atoms. The maximum Gasteiger partial charge on any atom is 0.0460 e. The average Bonchev–Trinajstić information content (AvgIpc) is 2.30. The quantitative estimate of drug-likeness (QED) is 0.625. The second-order valence-electron chi connectivity index (χ2n) is 2.70. The van der Waals surface area contributed by atoms with Gasteiger partial charge in [0.25, 0.3) is 0 Å². The summed E-state index contributed by atoms with van der Waals surface area (Å²) in [5, 5.41) is 2.19. The van der Waals surface area contributed by atoms with E-state index in [1.165, 1.54) is 12.1 Å². The van der Waals surface area contributed by atoms with E-state index >= 15 is 0 Å². The first-order chi connectivity index (χ1) is 4.77. The van der Waals surface area contributed by atoms with Gasteiger partial charge in [0.15, 0.2) is 0 Å². The van der Waals surface area contributed by atoms with Crippen molar-refractivity contribution >= 4 is 0 Å². The highest BCUT2D eigenvalue weighted by atomic mass is 15.5. The van der Waals surface area contributed by atoms with Crippen LogP contribution in [-0.4, -0.2) is 17.6 Å². The van der Waals surface area contributed by atoms with E-state index in [9.17, 15) is 0 Å². The fraction of sp³-hybridized carbons (Fsp3) is 0.750. The zero-order chi connectivity index (χ0) is 7.56. The Morgan fingerprint density at radius 1 is 1.60 bits per heavy atom. The fourth-order valence-corrected chi connectivity index (χ4v) is 1.27. The molecule has 0 fully saturated rings. The topological polar surface area (TPSA) is 15.3 Å².